The van der Waals surface area contributed by atoms with Crippen molar-refractivity contribution in [2.75, 3.05) is 30.8 Å². The third-order valence-electron chi connectivity index (χ3n) is 9.74. The molecule has 1 amide bonds. The number of aromatic nitrogens is 4. The third-order valence-corrected chi connectivity index (χ3v) is 9.74. The Morgan fingerprint density at radius 1 is 0.945 bits per heavy atom. The molecule has 0 aliphatic heterocycles. The van der Waals surface area contributed by atoms with Gasteiger partial charge in [-0.05, 0) is 47.1 Å². The summed E-state index contributed by atoms with van der Waals surface area (Å²) in [7, 11) is 0. The Morgan fingerprint density at radius 2 is 1.65 bits per heavy atom. The number of esters is 1. The molecule has 55 heavy (non-hydrogen) atoms. The number of aromatic amines is 1. The monoisotopic (exact) mass is 745 g/mol. The van der Waals surface area contributed by atoms with E-state index in [1.807, 2.05) is 48.5 Å². The zero-order valence-electron chi connectivity index (χ0n) is 31.0. The van der Waals surface area contributed by atoms with E-state index in [9.17, 15) is 19.2 Å². The van der Waals surface area contributed by atoms with Gasteiger partial charge in [0.1, 0.15) is 24.8 Å². The minimum absolute atomic E-state index is 0.0159. The van der Waals surface area contributed by atoms with Gasteiger partial charge in [0.05, 0.1) is 6.54 Å². The van der Waals surface area contributed by atoms with Gasteiger partial charge in [-0.1, -0.05) is 112 Å². The van der Waals surface area contributed by atoms with E-state index in [0.29, 0.717) is 61.3 Å². The summed E-state index contributed by atoms with van der Waals surface area (Å²) in [6.07, 6.45) is 5.20. The van der Waals surface area contributed by atoms with E-state index in [2.05, 4.69) is 51.2 Å². The van der Waals surface area contributed by atoms with Crippen molar-refractivity contribution in [3.8, 4) is 11.1 Å². The Bertz CT molecular complexity index is 2160. The van der Waals surface area contributed by atoms with Gasteiger partial charge in [-0.2, -0.15) is 9.97 Å². The quantitative estimate of drug-likeness (QED) is 0.0306. The maximum absolute atomic E-state index is 13.0. The summed E-state index contributed by atoms with van der Waals surface area (Å²) in [5.41, 5.74) is 12.4. The second-order valence-electron chi connectivity index (χ2n) is 13.6. The summed E-state index contributed by atoms with van der Waals surface area (Å²) in [4.78, 5) is 63.2. The number of benzene rings is 3. The molecule has 0 saturated heterocycles. The molecule has 6 rings (SSSR count). The molecule has 1 aliphatic rings. The van der Waals surface area contributed by atoms with Crippen LogP contribution in [0.25, 0.3) is 22.3 Å². The maximum atomic E-state index is 13.0. The molecule has 1 aliphatic carbocycles. The lowest BCUT2D eigenvalue weighted by Crippen LogP contribution is -2.42. The van der Waals surface area contributed by atoms with Crippen LogP contribution in [-0.2, 0) is 20.8 Å². The zero-order valence-corrected chi connectivity index (χ0v) is 31.0. The number of anilines is 2. The summed E-state index contributed by atoms with van der Waals surface area (Å²) in [5.74, 6) is -0.140. The van der Waals surface area contributed by atoms with Crippen LogP contribution in [0.5, 0.6) is 0 Å². The summed E-state index contributed by atoms with van der Waals surface area (Å²) in [6, 6.07) is 22.4. The van der Waals surface area contributed by atoms with Gasteiger partial charge in [-0.25, -0.2) is 14.4 Å². The van der Waals surface area contributed by atoms with Crippen LogP contribution in [0.15, 0.2) is 90.2 Å². The molecule has 2 heterocycles. The topological polar surface area (TPSA) is 183 Å². The van der Waals surface area contributed by atoms with Crippen molar-refractivity contribution in [3.63, 3.8) is 0 Å². The SMILES string of the molecule is C=CCOC(=O)[C@H](CCCCCC(=O)c1ccc(Cn2c(=O)[nH]c3c(N)nc(NCCCC)nc32)cc1)NC(=O)OCC1c2ccccc2-c2ccccc21. The van der Waals surface area contributed by atoms with E-state index in [4.69, 9.17) is 15.2 Å². The number of Topliss-reactive ketones (excluding diaryl/α,β-unsaturated/α-hetero) is 1. The number of amides is 1. The second-order valence-corrected chi connectivity index (χ2v) is 13.6. The fourth-order valence-electron chi connectivity index (χ4n) is 6.86. The Hall–Kier alpha value is -6.24. The van der Waals surface area contributed by atoms with Crippen LogP contribution in [0.1, 0.15) is 84.8 Å². The minimum Gasteiger partial charge on any atom is -0.460 e. The molecule has 5 N–H and O–H groups in total. The number of hydrogen-bond acceptors (Lipinski definition) is 10. The van der Waals surface area contributed by atoms with E-state index in [0.717, 1.165) is 40.7 Å². The van der Waals surface area contributed by atoms with E-state index in [1.165, 1.54) is 10.6 Å². The van der Waals surface area contributed by atoms with Crippen molar-refractivity contribution >= 4 is 40.8 Å². The van der Waals surface area contributed by atoms with Crippen LogP contribution in [0, 0.1) is 0 Å². The first-order chi connectivity index (χ1) is 26.8. The number of alkyl carbamates (subject to hydrolysis) is 1. The van der Waals surface area contributed by atoms with Crippen molar-refractivity contribution in [1.82, 2.24) is 24.8 Å². The smallest absolute Gasteiger partial charge is 0.407 e. The van der Waals surface area contributed by atoms with Gasteiger partial charge in [-0.3, -0.25) is 9.36 Å². The van der Waals surface area contributed by atoms with Gasteiger partial charge < -0.3 is 30.8 Å². The van der Waals surface area contributed by atoms with E-state index in [1.54, 1.807) is 12.1 Å². The number of carbonyl (C=O) groups excluding carboxylic acids is 3. The first-order valence-corrected chi connectivity index (χ1v) is 18.8. The van der Waals surface area contributed by atoms with Crippen LogP contribution in [0.4, 0.5) is 16.6 Å². The maximum Gasteiger partial charge on any atom is 0.407 e. The summed E-state index contributed by atoms with van der Waals surface area (Å²) >= 11 is 0. The number of imidazole rings is 1. The Kier molecular flexibility index (Phi) is 12.7. The number of nitrogen functional groups attached to an aromatic ring is 1. The molecule has 5 aromatic rings. The lowest BCUT2D eigenvalue weighted by atomic mass is 9.98. The van der Waals surface area contributed by atoms with E-state index < -0.39 is 18.1 Å². The average Bonchev–Trinajstić information content (AvgIpc) is 3.69. The standard InChI is InChI=1S/C42H47N7O6/c1-3-5-23-44-40-47-37(43)36-38(48-40)49(41(52)46-36)25-27-19-21-28(22-20-27)35(50)18-8-6-7-17-34(39(51)54-24-4-2)45-42(53)55-26-33-31-15-11-9-13-29(31)30-14-10-12-16-32(30)33/h4,9-16,19-22,33-34H,2-3,5-8,17-18,23-26H2,1H3,(H,45,53)(H,46,52)(H3,43,44,47,48)/t34-/m0/s1. The molecule has 0 radical (unpaired) electrons. The molecule has 13 heteroatoms. The molecule has 3 aromatic carbocycles. The summed E-state index contributed by atoms with van der Waals surface area (Å²) in [6.45, 7) is 6.76. The lowest BCUT2D eigenvalue weighted by molar-refractivity contribution is -0.145. The average molecular weight is 746 g/mol. The number of ether oxygens (including phenoxy) is 2. The van der Waals surface area contributed by atoms with Gasteiger partial charge in [0.25, 0.3) is 0 Å². The molecule has 0 bridgehead atoms. The number of nitrogens with zero attached hydrogens (tertiary/aromatic N) is 3. The molecular formula is C42H47N7O6. The number of hydrogen-bond donors (Lipinski definition) is 4. The van der Waals surface area contributed by atoms with Gasteiger partial charge in [0.15, 0.2) is 17.2 Å². The van der Waals surface area contributed by atoms with Gasteiger partial charge in [-0.15, -0.1) is 0 Å². The molecule has 2 aromatic heterocycles. The number of fused-ring (bicyclic) bond motifs is 4. The van der Waals surface area contributed by atoms with Crippen molar-refractivity contribution in [2.45, 2.75) is 70.4 Å². The highest BCUT2D eigenvalue weighted by Crippen LogP contribution is 2.44. The summed E-state index contributed by atoms with van der Waals surface area (Å²) < 4.78 is 12.4. The van der Waals surface area contributed by atoms with Crippen LogP contribution < -0.4 is 22.1 Å². The van der Waals surface area contributed by atoms with Crippen molar-refractivity contribution < 1.29 is 23.9 Å². The number of H-pyrrole nitrogens is 1. The molecule has 13 nitrogen and oxygen atoms in total. The molecule has 0 spiro atoms. The fraction of sp³-hybridized carbons (Fsp3) is 0.333. The highest BCUT2D eigenvalue weighted by atomic mass is 16.6. The van der Waals surface area contributed by atoms with Gasteiger partial charge >= 0.3 is 17.8 Å². The Labute approximate surface area is 319 Å². The Morgan fingerprint density at radius 3 is 2.35 bits per heavy atom. The van der Waals surface area contributed by atoms with Crippen molar-refractivity contribution in [1.29, 1.82) is 0 Å². The number of ketones is 1. The van der Waals surface area contributed by atoms with Crippen LogP contribution >= 0.6 is 0 Å². The third kappa shape index (κ3) is 9.29. The molecule has 0 saturated carbocycles. The van der Waals surface area contributed by atoms with Crippen LogP contribution in [0.2, 0.25) is 0 Å². The molecule has 1 atom stereocenters. The van der Waals surface area contributed by atoms with Crippen molar-refractivity contribution in [2.24, 2.45) is 0 Å². The summed E-state index contributed by atoms with van der Waals surface area (Å²) in [5, 5.41) is 5.85. The molecule has 286 valence electrons. The molecular weight excluding hydrogens is 699 g/mol. The predicted octanol–water partition coefficient (Wildman–Crippen LogP) is 6.73. The van der Waals surface area contributed by atoms with Crippen LogP contribution in [-0.4, -0.2) is 63.2 Å². The number of carbonyl (C=O) groups is 3. The molecule has 0 fully saturated rings. The number of rotatable bonds is 19. The normalized spacial score (nSPS) is 12.5. The first kappa shape index (κ1) is 38.5. The van der Waals surface area contributed by atoms with E-state index in [-0.39, 0.29) is 43.0 Å². The Balaban J connectivity index is 0.981. The van der Waals surface area contributed by atoms with Gasteiger partial charge in [0, 0.05) is 24.4 Å². The van der Waals surface area contributed by atoms with E-state index >= 15 is 0 Å². The highest BCUT2D eigenvalue weighted by molar-refractivity contribution is 5.96. The van der Waals surface area contributed by atoms with Crippen LogP contribution in [0.3, 0.4) is 0 Å². The van der Waals surface area contributed by atoms with Gasteiger partial charge in [0.2, 0.25) is 5.95 Å². The molecule has 0 unspecified atom stereocenters. The fourth-order valence-corrected chi connectivity index (χ4v) is 6.86. The second kappa shape index (κ2) is 18.2. The predicted molar refractivity (Wildman–Crippen MR) is 212 cm³/mol. The zero-order chi connectivity index (χ0) is 38.7. The van der Waals surface area contributed by atoms with Crippen molar-refractivity contribution in [3.05, 3.63) is 118 Å². The lowest BCUT2D eigenvalue weighted by Gasteiger charge is -2.19. The minimum atomic E-state index is -0.907. The first-order valence-electron chi connectivity index (χ1n) is 18.8. The highest BCUT2D eigenvalue weighted by Gasteiger charge is 2.30. The number of nitrogens with one attached hydrogen (secondary N) is 3. The largest absolute Gasteiger partial charge is 0.460 e. The number of nitrogens with two attached hydrogens (primary N) is 1. The number of unbranched alkanes of at least 4 members (excludes halogenated alkanes) is 3.